The van der Waals surface area contributed by atoms with Gasteiger partial charge in [-0.2, -0.15) is 13.2 Å². The SMILES string of the molecule is CC(c1ccccc1C(F)(F)F)n1ccnc1. The Balaban J connectivity index is 2.46. The van der Waals surface area contributed by atoms with E-state index in [1.165, 1.54) is 18.5 Å². The predicted molar refractivity (Wildman–Crippen MR) is 57.5 cm³/mol. The van der Waals surface area contributed by atoms with Gasteiger partial charge in [-0.15, -0.1) is 0 Å². The second kappa shape index (κ2) is 4.24. The van der Waals surface area contributed by atoms with Gasteiger partial charge in [0.2, 0.25) is 0 Å². The molecule has 0 saturated heterocycles. The first kappa shape index (κ1) is 11.7. The Kier molecular flexibility index (Phi) is 2.92. The van der Waals surface area contributed by atoms with Crippen LogP contribution in [0.3, 0.4) is 0 Å². The van der Waals surface area contributed by atoms with Gasteiger partial charge < -0.3 is 4.57 Å². The molecule has 2 aromatic rings. The molecule has 1 atom stereocenters. The molecule has 0 spiro atoms. The van der Waals surface area contributed by atoms with Crippen LogP contribution in [0.25, 0.3) is 0 Å². The molecule has 1 aromatic heterocycles. The fourth-order valence-electron chi connectivity index (χ4n) is 1.78. The maximum atomic E-state index is 12.8. The maximum Gasteiger partial charge on any atom is 0.416 e. The average molecular weight is 240 g/mol. The molecule has 17 heavy (non-hydrogen) atoms. The highest BCUT2D eigenvalue weighted by molar-refractivity contribution is 5.32. The topological polar surface area (TPSA) is 17.8 Å². The molecule has 1 unspecified atom stereocenters. The average Bonchev–Trinajstić information content (AvgIpc) is 2.80. The smallest absolute Gasteiger partial charge is 0.330 e. The van der Waals surface area contributed by atoms with E-state index in [9.17, 15) is 13.2 Å². The van der Waals surface area contributed by atoms with Gasteiger partial charge in [0, 0.05) is 12.4 Å². The van der Waals surface area contributed by atoms with Crippen LogP contribution in [0.1, 0.15) is 24.1 Å². The number of nitrogens with zero attached hydrogens (tertiary/aromatic N) is 2. The minimum absolute atomic E-state index is 0.248. The van der Waals surface area contributed by atoms with Crippen molar-refractivity contribution in [2.75, 3.05) is 0 Å². The van der Waals surface area contributed by atoms with Gasteiger partial charge >= 0.3 is 6.18 Å². The van der Waals surface area contributed by atoms with Crippen LogP contribution >= 0.6 is 0 Å². The van der Waals surface area contributed by atoms with E-state index < -0.39 is 17.8 Å². The highest BCUT2D eigenvalue weighted by atomic mass is 19.4. The number of hydrogen-bond acceptors (Lipinski definition) is 1. The van der Waals surface area contributed by atoms with E-state index in [2.05, 4.69) is 4.98 Å². The van der Waals surface area contributed by atoms with E-state index in [0.29, 0.717) is 0 Å². The van der Waals surface area contributed by atoms with Crippen molar-refractivity contribution in [3.63, 3.8) is 0 Å². The Hall–Kier alpha value is -1.78. The summed E-state index contributed by atoms with van der Waals surface area (Å²) in [6.45, 7) is 1.71. The molecule has 0 aliphatic rings. The fraction of sp³-hybridized carbons (Fsp3) is 0.250. The number of hydrogen-bond donors (Lipinski definition) is 0. The van der Waals surface area contributed by atoms with Crippen molar-refractivity contribution in [1.82, 2.24) is 9.55 Å². The van der Waals surface area contributed by atoms with Crippen LogP contribution in [0, 0.1) is 0 Å². The quantitative estimate of drug-likeness (QED) is 0.785. The van der Waals surface area contributed by atoms with E-state index in [0.717, 1.165) is 6.07 Å². The van der Waals surface area contributed by atoms with Crippen molar-refractivity contribution in [2.45, 2.75) is 19.1 Å². The zero-order valence-corrected chi connectivity index (χ0v) is 9.15. The van der Waals surface area contributed by atoms with Gasteiger partial charge in [0.15, 0.2) is 0 Å². The molecule has 1 heterocycles. The third-order valence-corrected chi connectivity index (χ3v) is 2.69. The standard InChI is InChI=1S/C12H11F3N2/c1-9(17-7-6-16-8-17)10-4-2-3-5-11(10)12(13,14)15/h2-9H,1H3. The number of rotatable bonds is 2. The highest BCUT2D eigenvalue weighted by Crippen LogP contribution is 2.35. The summed E-state index contributed by atoms with van der Waals surface area (Å²) in [5.74, 6) is 0. The number of alkyl halides is 3. The number of benzene rings is 1. The molecule has 0 radical (unpaired) electrons. The Labute approximate surface area is 96.7 Å². The predicted octanol–water partition coefficient (Wildman–Crippen LogP) is 3.51. The molecule has 2 nitrogen and oxygen atoms in total. The van der Waals surface area contributed by atoms with E-state index in [4.69, 9.17) is 0 Å². The lowest BCUT2D eigenvalue weighted by atomic mass is 10.0. The zero-order valence-electron chi connectivity index (χ0n) is 9.15. The fourth-order valence-corrected chi connectivity index (χ4v) is 1.78. The van der Waals surface area contributed by atoms with Crippen molar-refractivity contribution in [3.8, 4) is 0 Å². The highest BCUT2D eigenvalue weighted by Gasteiger charge is 2.34. The third-order valence-electron chi connectivity index (χ3n) is 2.69. The van der Waals surface area contributed by atoms with E-state index in [-0.39, 0.29) is 5.56 Å². The van der Waals surface area contributed by atoms with E-state index in [1.807, 2.05) is 0 Å². The van der Waals surface area contributed by atoms with Gasteiger partial charge in [-0.3, -0.25) is 0 Å². The van der Waals surface area contributed by atoms with Crippen LogP contribution in [0.2, 0.25) is 0 Å². The Morgan fingerprint density at radius 2 is 1.94 bits per heavy atom. The molecule has 0 amide bonds. The molecule has 0 saturated carbocycles. The largest absolute Gasteiger partial charge is 0.416 e. The molecule has 0 bridgehead atoms. The zero-order chi connectivity index (χ0) is 12.5. The summed E-state index contributed by atoms with van der Waals surface area (Å²) in [6, 6.07) is 5.21. The summed E-state index contributed by atoms with van der Waals surface area (Å²) in [5.41, 5.74) is -0.348. The van der Waals surface area contributed by atoms with Crippen LogP contribution in [0.5, 0.6) is 0 Å². The first-order valence-electron chi connectivity index (χ1n) is 5.13. The summed E-state index contributed by atoms with van der Waals surface area (Å²) < 4.78 is 40.1. The lowest BCUT2D eigenvalue weighted by molar-refractivity contribution is -0.138. The van der Waals surface area contributed by atoms with Crippen molar-refractivity contribution in [1.29, 1.82) is 0 Å². The summed E-state index contributed by atoms with van der Waals surface area (Å²) in [6.07, 6.45) is 0.383. The van der Waals surface area contributed by atoms with Crippen LogP contribution in [-0.4, -0.2) is 9.55 Å². The minimum Gasteiger partial charge on any atom is -0.330 e. The van der Waals surface area contributed by atoms with Gasteiger partial charge in [-0.05, 0) is 18.6 Å². The number of halogens is 3. The molecular formula is C12H11F3N2. The normalized spacial score (nSPS) is 13.6. The molecule has 5 heteroatoms. The maximum absolute atomic E-state index is 12.8. The van der Waals surface area contributed by atoms with Crippen molar-refractivity contribution in [3.05, 3.63) is 54.1 Å². The van der Waals surface area contributed by atoms with Gasteiger partial charge in [0.25, 0.3) is 0 Å². The molecular weight excluding hydrogens is 229 g/mol. The third kappa shape index (κ3) is 2.33. The second-order valence-electron chi connectivity index (χ2n) is 3.77. The number of aromatic nitrogens is 2. The Bertz CT molecular complexity index is 489. The molecule has 2 rings (SSSR count). The van der Waals surface area contributed by atoms with Crippen LogP contribution in [0.15, 0.2) is 43.0 Å². The first-order valence-corrected chi connectivity index (χ1v) is 5.13. The van der Waals surface area contributed by atoms with Crippen molar-refractivity contribution >= 4 is 0 Å². The van der Waals surface area contributed by atoms with Crippen molar-refractivity contribution in [2.24, 2.45) is 0 Å². The summed E-state index contributed by atoms with van der Waals surface area (Å²) in [4.78, 5) is 3.84. The minimum atomic E-state index is -4.33. The van der Waals surface area contributed by atoms with Gasteiger partial charge in [0.1, 0.15) is 0 Å². The molecule has 0 aliphatic carbocycles. The van der Waals surface area contributed by atoms with Crippen molar-refractivity contribution < 1.29 is 13.2 Å². The van der Waals surface area contributed by atoms with Gasteiger partial charge in [-0.25, -0.2) is 4.98 Å². The summed E-state index contributed by atoms with van der Waals surface area (Å²) >= 11 is 0. The molecule has 0 N–H and O–H groups in total. The summed E-state index contributed by atoms with van der Waals surface area (Å²) in [7, 11) is 0. The molecule has 1 aromatic carbocycles. The molecule has 0 aliphatic heterocycles. The lowest BCUT2D eigenvalue weighted by Crippen LogP contribution is -2.14. The lowest BCUT2D eigenvalue weighted by Gasteiger charge is -2.19. The van der Waals surface area contributed by atoms with E-state index in [1.54, 1.807) is 30.0 Å². The number of imidazole rings is 1. The van der Waals surface area contributed by atoms with Crippen LogP contribution < -0.4 is 0 Å². The van der Waals surface area contributed by atoms with Crippen LogP contribution in [-0.2, 0) is 6.18 Å². The van der Waals surface area contributed by atoms with E-state index >= 15 is 0 Å². The van der Waals surface area contributed by atoms with Gasteiger partial charge in [0.05, 0.1) is 17.9 Å². The molecule has 90 valence electrons. The monoisotopic (exact) mass is 240 g/mol. The summed E-state index contributed by atoms with van der Waals surface area (Å²) in [5, 5.41) is 0. The molecule has 0 fully saturated rings. The Morgan fingerprint density at radius 1 is 1.24 bits per heavy atom. The first-order chi connectivity index (χ1) is 8.00. The second-order valence-corrected chi connectivity index (χ2v) is 3.77. The van der Waals surface area contributed by atoms with Gasteiger partial charge in [-0.1, -0.05) is 18.2 Å². The van der Waals surface area contributed by atoms with Crippen LogP contribution in [0.4, 0.5) is 13.2 Å². The Morgan fingerprint density at radius 3 is 2.53 bits per heavy atom.